The minimum Gasteiger partial charge on any atom is -0.374 e. The molecule has 0 atom stereocenters. The Hall–Kier alpha value is -1.80. The lowest BCUT2D eigenvalue weighted by atomic mass is 10.0. The first kappa shape index (κ1) is 19.5. The summed E-state index contributed by atoms with van der Waals surface area (Å²) >= 11 is 5.65. The summed E-state index contributed by atoms with van der Waals surface area (Å²) in [5.41, 5.74) is -4.12. The SMILES string of the molecule is CCCc1ccc(-c2ccc(OS(=O)(=O)C(F)(F)F)c(Cl)c2F)cc1. The van der Waals surface area contributed by atoms with Crippen LogP contribution in [-0.4, -0.2) is 13.9 Å². The molecule has 0 saturated heterocycles. The van der Waals surface area contributed by atoms with Gasteiger partial charge in [0.2, 0.25) is 0 Å². The number of alkyl halides is 3. The first-order valence-electron chi connectivity index (χ1n) is 7.15. The van der Waals surface area contributed by atoms with Gasteiger partial charge in [-0.05, 0) is 29.7 Å². The number of rotatable bonds is 5. The van der Waals surface area contributed by atoms with E-state index in [2.05, 4.69) is 4.18 Å². The number of aryl methyl sites for hydroxylation is 1. The largest absolute Gasteiger partial charge is 0.534 e. The van der Waals surface area contributed by atoms with Crippen LogP contribution in [0.3, 0.4) is 0 Å². The molecule has 0 amide bonds. The molecular formula is C16H13ClF4O3S. The maximum absolute atomic E-state index is 14.4. The Labute approximate surface area is 147 Å². The number of halogens is 5. The van der Waals surface area contributed by atoms with Crippen molar-refractivity contribution in [2.75, 3.05) is 0 Å². The van der Waals surface area contributed by atoms with Gasteiger partial charge in [-0.1, -0.05) is 49.2 Å². The molecule has 0 unspecified atom stereocenters. The van der Waals surface area contributed by atoms with Gasteiger partial charge in [-0.15, -0.1) is 0 Å². The van der Waals surface area contributed by atoms with Crippen molar-refractivity contribution in [1.82, 2.24) is 0 Å². The maximum atomic E-state index is 14.4. The summed E-state index contributed by atoms with van der Waals surface area (Å²) in [6, 6.07) is 8.87. The molecule has 0 aliphatic rings. The van der Waals surface area contributed by atoms with Crippen molar-refractivity contribution in [2.24, 2.45) is 0 Å². The van der Waals surface area contributed by atoms with E-state index >= 15 is 0 Å². The van der Waals surface area contributed by atoms with Crippen molar-refractivity contribution in [3.8, 4) is 16.9 Å². The molecule has 0 aliphatic carbocycles. The Kier molecular flexibility index (Phi) is 5.63. The van der Waals surface area contributed by atoms with Crippen LogP contribution in [0, 0.1) is 5.82 Å². The molecule has 0 bridgehead atoms. The van der Waals surface area contributed by atoms with Gasteiger partial charge >= 0.3 is 15.6 Å². The van der Waals surface area contributed by atoms with Gasteiger partial charge in [-0.2, -0.15) is 21.6 Å². The van der Waals surface area contributed by atoms with E-state index in [-0.39, 0.29) is 5.56 Å². The van der Waals surface area contributed by atoms with Crippen LogP contribution >= 0.6 is 11.6 Å². The summed E-state index contributed by atoms with van der Waals surface area (Å²) < 4.78 is 77.3. The van der Waals surface area contributed by atoms with Gasteiger partial charge < -0.3 is 4.18 Å². The van der Waals surface area contributed by atoms with Gasteiger partial charge in [0.15, 0.2) is 11.6 Å². The predicted octanol–water partition coefficient (Wildman–Crippen LogP) is 5.33. The van der Waals surface area contributed by atoms with E-state index < -0.39 is 32.2 Å². The molecule has 0 spiro atoms. The third-order valence-electron chi connectivity index (χ3n) is 3.33. The molecule has 0 fully saturated rings. The second-order valence-corrected chi connectivity index (χ2v) is 7.09. The van der Waals surface area contributed by atoms with Crippen LogP contribution in [0.15, 0.2) is 36.4 Å². The van der Waals surface area contributed by atoms with E-state index in [1.807, 2.05) is 6.92 Å². The normalized spacial score (nSPS) is 12.2. The van der Waals surface area contributed by atoms with Crippen molar-refractivity contribution >= 4 is 21.7 Å². The zero-order chi connectivity index (χ0) is 18.8. The lowest BCUT2D eigenvalue weighted by Crippen LogP contribution is -2.28. The summed E-state index contributed by atoms with van der Waals surface area (Å²) in [5, 5.41) is -0.844. The molecule has 0 heterocycles. The van der Waals surface area contributed by atoms with Gasteiger partial charge in [0.1, 0.15) is 5.02 Å². The Morgan fingerprint density at radius 1 is 1.08 bits per heavy atom. The monoisotopic (exact) mass is 396 g/mol. The van der Waals surface area contributed by atoms with Gasteiger partial charge in [0.25, 0.3) is 0 Å². The van der Waals surface area contributed by atoms with E-state index in [1.165, 1.54) is 0 Å². The molecule has 25 heavy (non-hydrogen) atoms. The summed E-state index contributed by atoms with van der Waals surface area (Å²) in [6.45, 7) is 2.01. The van der Waals surface area contributed by atoms with E-state index in [0.717, 1.165) is 30.5 Å². The van der Waals surface area contributed by atoms with Gasteiger partial charge in [0, 0.05) is 5.56 Å². The highest BCUT2D eigenvalue weighted by molar-refractivity contribution is 7.88. The van der Waals surface area contributed by atoms with Crippen LogP contribution < -0.4 is 4.18 Å². The number of hydrogen-bond donors (Lipinski definition) is 0. The standard InChI is InChI=1S/C16H13ClF4O3S/c1-2-3-10-4-6-11(7-5-10)12-8-9-13(14(17)15(12)18)24-25(22,23)16(19,20)21/h4-9H,2-3H2,1H3. The quantitative estimate of drug-likeness (QED) is 0.390. The van der Waals surface area contributed by atoms with Crippen LogP contribution in [-0.2, 0) is 16.5 Å². The molecule has 2 aromatic carbocycles. The molecule has 0 radical (unpaired) electrons. The minimum absolute atomic E-state index is 0.0183. The Balaban J connectivity index is 2.38. The summed E-state index contributed by atoms with van der Waals surface area (Å²) in [4.78, 5) is 0. The van der Waals surface area contributed by atoms with Crippen LogP contribution in [0.2, 0.25) is 5.02 Å². The highest BCUT2D eigenvalue weighted by Gasteiger charge is 2.49. The fourth-order valence-corrected chi connectivity index (χ4v) is 2.84. The second kappa shape index (κ2) is 7.21. The fraction of sp³-hybridized carbons (Fsp3) is 0.250. The Morgan fingerprint density at radius 2 is 1.68 bits per heavy atom. The van der Waals surface area contributed by atoms with Gasteiger partial charge in [-0.25, -0.2) is 4.39 Å². The summed E-state index contributed by atoms with van der Waals surface area (Å²) in [5.74, 6) is -2.00. The average molecular weight is 397 g/mol. The first-order chi connectivity index (χ1) is 11.6. The second-order valence-electron chi connectivity index (χ2n) is 5.17. The highest BCUT2D eigenvalue weighted by atomic mass is 35.5. The third-order valence-corrected chi connectivity index (χ3v) is 4.65. The van der Waals surface area contributed by atoms with Crippen molar-refractivity contribution in [3.63, 3.8) is 0 Å². The minimum atomic E-state index is -5.93. The smallest absolute Gasteiger partial charge is 0.374 e. The van der Waals surface area contributed by atoms with Crippen LogP contribution in [0.4, 0.5) is 17.6 Å². The topological polar surface area (TPSA) is 43.4 Å². The highest BCUT2D eigenvalue weighted by Crippen LogP contribution is 2.37. The number of benzene rings is 2. The fourth-order valence-electron chi connectivity index (χ4n) is 2.12. The lowest BCUT2D eigenvalue weighted by Gasteiger charge is -2.13. The molecule has 0 aliphatic heterocycles. The maximum Gasteiger partial charge on any atom is 0.534 e. The number of hydrogen-bond acceptors (Lipinski definition) is 3. The molecule has 3 nitrogen and oxygen atoms in total. The molecule has 2 rings (SSSR count). The predicted molar refractivity (Wildman–Crippen MR) is 86.4 cm³/mol. The molecule has 0 N–H and O–H groups in total. The van der Waals surface area contributed by atoms with Crippen molar-refractivity contribution in [3.05, 3.63) is 52.8 Å². The molecule has 0 aromatic heterocycles. The molecule has 0 saturated carbocycles. The van der Waals surface area contributed by atoms with Gasteiger partial charge in [0.05, 0.1) is 0 Å². The van der Waals surface area contributed by atoms with Crippen molar-refractivity contribution in [2.45, 2.75) is 25.3 Å². The third kappa shape index (κ3) is 4.24. The van der Waals surface area contributed by atoms with E-state index in [1.54, 1.807) is 24.3 Å². The summed E-state index contributed by atoms with van der Waals surface area (Å²) in [7, 11) is -5.93. The molecule has 2 aromatic rings. The zero-order valence-electron chi connectivity index (χ0n) is 12.9. The molecular weight excluding hydrogens is 384 g/mol. The first-order valence-corrected chi connectivity index (χ1v) is 8.93. The Morgan fingerprint density at radius 3 is 2.20 bits per heavy atom. The van der Waals surface area contributed by atoms with E-state index in [0.29, 0.717) is 5.56 Å². The Bertz CT molecular complexity index is 862. The van der Waals surface area contributed by atoms with Crippen LogP contribution in [0.5, 0.6) is 5.75 Å². The average Bonchev–Trinajstić information content (AvgIpc) is 2.52. The van der Waals surface area contributed by atoms with E-state index in [4.69, 9.17) is 11.6 Å². The van der Waals surface area contributed by atoms with Crippen LogP contribution in [0.25, 0.3) is 11.1 Å². The zero-order valence-corrected chi connectivity index (χ0v) is 14.5. The molecule has 136 valence electrons. The van der Waals surface area contributed by atoms with E-state index in [9.17, 15) is 26.0 Å². The summed E-state index contributed by atoms with van der Waals surface area (Å²) in [6.07, 6.45) is 1.80. The van der Waals surface area contributed by atoms with Gasteiger partial charge in [-0.3, -0.25) is 0 Å². The van der Waals surface area contributed by atoms with Crippen molar-refractivity contribution in [1.29, 1.82) is 0 Å². The van der Waals surface area contributed by atoms with Crippen molar-refractivity contribution < 1.29 is 30.2 Å². The molecule has 9 heteroatoms. The lowest BCUT2D eigenvalue weighted by molar-refractivity contribution is -0.0500. The van der Waals surface area contributed by atoms with Crippen LogP contribution in [0.1, 0.15) is 18.9 Å².